The number of aromatic nitrogens is 1. The highest BCUT2D eigenvalue weighted by atomic mass is 35.5. The van der Waals surface area contributed by atoms with Gasteiger partial charge in [0.05, 0.1) is 5.69 Å². The van der Waals surface area contributed by atoms with Gasteiger partial charge in [-0.25, -0.2) is 0 Å². The first kappa shape index (κ1) is 12.1. The van der Waals surface area contributed by atoms with Crippen LogP contribution >= 0.6 is 11.6 Å². The molecule has 0 unspecified atom stereocenters. The molecule has 17 heavy (non-hydrogen) atoms. The standard InChI is InChI=1S/C14H15ClN2/c1-11(12-5-7-13(15)8-6-12)17-10-14-4-2-3-9-16-14/h2-9,11,17H,10H2,1H3/t11-/m0/s1. The summed E-state index contributed by atoms with van der Waals surface area (Å²) in [5.41, 5.74) is 2.28. The van der Waals surface area contributed by atoms with Crippen LogP contribution in [-0.4, -0.2) is 4.98 Å². The van der Waals surface area contributed by atoms with Crippen LogP contribution in [0.3, 0.4) is 0 Å². The molecule has 3 heteroatoms. The minimum atomic E-state index is 0.286. The predicted molar refractivity (Wildman–Crippen MR) is 70.9 cm³/mol. The van der Waals surface area contributed by atoms with Crippen LogP contribution in [0.1, 0.15) is 24.2 Å². The minimum Gasteiger partial charge on any atom is -0.305 e. The van der Waals surface area contributed by atoms with Crippen molar-refractivity contribution in [3.63, 3.8) is 0 Å². The molecule has 0 saturated heterocycles. The van der Waals surface area contributed by atoms with Crippen molar-refractivity contribution in [3.8, 4) is 0 Å². The van der Waals surface area contributed by atoms with Crippen molar-refractivity contribution >= 4 is 11.6 Å². The Balaban J connectivity index is 1.93. The lowest BCUT2D eigenvalue weighted by Crippen LogP contribution is -2.18. The van der Waals surface area contributed by atoms with Crippen molar-refractivity contribution < 1.29 is 0 Å². The van der Waals surface area contributed by atoms with Crippen LogP contribution in [0.2, 0.25) is 5.02 Å². The summed E-state index contributed by atoms with van der Waals surface area (Å²) in [5.74, 6) is 0. The largest absolute Gasteiger partial charge is 0.305 e. The molecule has 0 aliphatic heterocycles. The highest BCUT2D eigenvalue weighted by molar-refractivity contribution is 6.30. The topological polar surface area (TPSA) is 24.9 Å². The molecule has 0 aliphatic carbocycles. The van der Waals surface area contributed by atoms with Gasteiger partial charge in [-0.3, -0.25) is 4.98 Å². The number of benzene rings is 1. The zero-order valence-corrected chi connectivity index (χ0v) is 10.5. The predicted octanol–water partition coefficient (Wildman–Crippen LogP) is 3.59. The van der Waals surface area contributed by atoms with Crippen molar-refractivity contribution in [2.45, 2.75) is 19.5 Å². The molecule has 1 aromatic heterocycles. The fraction of sp³-hybridized carbons (Fsp3) is 0.214. The van der Waals surface area contributed by atoms with Crippen molar-refractivity contribution in [3.05, 3.63) is 64.9 Å². The summed E-state index contributed by atoms with van der Waals surface area (Å²) in [4.78, 5) is 4.27. The van der Waals surface area contributed by atoms with Gasteiger partial charge in [0.2, 0.25) is 0 Å². The summed E-state index contributed by atoms with van der Waals surface area (Å²) in [6.07, 6.45) is 1.81. The van der Waals surface area contributed by atoms with Gasteiger partial charge in [-0.15, -0.1) is 0 Å². The van der Waals surface area contributed by atoms with Gasteiger partial charge in [0.15, 0.2) is 0 Å². The second kappa shape index (κ2) is 5.80. The maximum atomic E-state index is 5.86. The van der Waals surface area contributed by atoms with Crippen LogP contribution in [0.25, 0.3) is 0 Å². The average molecular weight is 247 g/mol. The molecule has 1 N–H and O–H groups in total. The summed E-state index contributed by atoms with van der Waals surface area (Å²) < 4.78 is 0. The molecule has 2 nitrogen and oxygen atoms in total. The average Bonchev–Trinajstić information content (AvgIpc) is 2.38. The fourth-order valence-corrected chi connectivity index (χ4v) is 1.76. The Labute approximate surface area is 107 Å². The molecule has 0 spiro atoms. The molecule has 2 aromatic rings. The number of halogens is 1. The van der Waals surface area contributed by atoms with Gasteiger partial charge in [-0.05, 0) is 36.8 Å². The minimum absolute atomic E-state index is 0.286. The lowest BCUT2D eigenvalue weighted by Gasteiger charge is -2.13. The summed E-state index contributed by atoms with van der Waals surface area (Å²) >= 11 is 5.86. The second-order valence-corrected chi connectivity index (χ2v) is 4.41. The Morgan fingerprint density at radius 1 is 1.18 bits per heavy atom. The smallest absolute Gasteiger partial charge is 0.0541 e. The third-order valence-corrected chi connectivity index (χ3v) is 2.94. The molecule has 2 rings (SSSR count). The zero-order valence-electron chi connectivity index (χ0n) is 9.73. The zero-order chi connectivity index (χ0) is 12.1. The SMILES string of the molecule is C[C@H](NCc1ccccn1)c1ccc(Cl)cc1. The van der Waals surface area contributed by atoms with E-state index in [4.69, 9.17) is 11.6 Å². The van der Waals surface area contributed by atoms with Crippen molar-refractivity contribution in [1.82, 2.24) is 10.3 Å². The third kappa shape index (κ3) is 3.55. The van der Waals surface area contributed by atoms with Crippen molar-refractivity contribution in [2.75, 3.05) is 0 Å². The summed E-state index contributed by atoms with van der Waals surface area (Å²) in [6, 6.07) is 14.1. The quantitative estimate of drug-likeness (QED) is 0.892. The van der Waals surface area contributed by atoms with E-state index in [1.807, 2.05) is 48.7 Å². The number of hydrogen-bond donors (Lipinski definition) is 1. The Bertz CT molecular complexity index is 453. The summed E-state index contributed by atoms with van der Waals surface area (Å²) in [7, 11) is 0. The maximum absolute atomic E-state index is 5.86. The van der Waals surface area contributed by atoms with Crippen molar-refractivity contribution in [1.29, 1.82) is 0 Å². The van der Waals surface area contributed by atoms with E-state index in [1.54, 1.807) is 0 Å². The van der Waals surface area contributed by atoms with Gasteiger partial charge >= 0.3 is 0 Å². The molecule has 0 fully saturated rings. The van der Waals surface area contributed by atoms with E-state index in [0.29, 0.717) is 0 Å². The molecule has 1 atom stereocenters. The molecule has 0 saturated carbocycles. The highest BCUT2D eigenvalue weighted by Crippen LogP contribution is 2.16. The Morgan fingerprint density at radius 3 is 2.59 bits per heavy atom. The maximum Gasteiger partial charge on any atom is 0.0541 e. The Morgan fingerprint density at radius 2 is 1.94 bits per heavy atom. The molecule has 0 amide bonds. The molecule has 1 heterocycles. The van der Waals surface area contributed by atoms with Gasteiger partial charge in [0, 0.05) is 23.8 Å². The molecular weight excluding hydrogens is 232 g/mol. The third-order valence-electron chi connectivity index (χ3n) is 2.69. The molecule has 0 radical (unpaired) electrons. The lowest BCUT2D eigenvalue weighted by molar-refractivity contribution is 0.568. The monoisotopic (exact) mass is 246 g/mol. The highest BCUT2D eigenvalue weighted by Gasteiger charge is 2.04. The van der Waals surface area contributed by atoms with Gasteiger partial charge < -0.3 is 5.32 Å². The number of nitrogens with one attached hydrogen (secondary N) is 1. The summed E-state index contributed by atoms with van der Waals surface area (Å²) in [5, 5.41) is 4.20. The van der Waals surface area contributed by atoms with E-state index in [9.17, 15) is 0 Å². The van der Waals surface area contributed by atoms with E-state index in [2.05, 4.69) is 17.2 Å². The van der Waals surface area contributed by atoms with Crippen molar-refractivity contribution in [2.24, 2.45) is 0 Å². The molecular formula is C14H15ClN2. The van der Waals surface area contributed by atoms with E-state index in [-0.39, 0.29) is 6.04 Å². The summed E-state index contributed by atoms with van der Waals surface area (Å²) in [6.45, 7) is 2.90. The van der Waals surface area contributed by atoms with Crippen LogP contribution < -0.4 is 5.32 Å². The van der Waals surface area contributed by atoms with Crippen LogP contribution in [-0.2, 0) is 6.54 Å². The lowest BCUT2D eigenvalue weighted by atomic mass is 10.1. The number of nitrogens with zero attached hydrogens (tertiary/aromatic N) is 1. The van der Waals surface area contributed by atoms with E-state index < -0.39 is 0 Å². The van der Waals surface area contributed by atoms with E-state index in [0.717, 1.165) is 17.3 Å². The van der Waals surface area contributed by atoms with Gasteiger partial charge in [-0.2, -0.15) is 0 Å². The van der Waals surface area contributed by atoms with E-state index in [1.165, 1.54) is 5.56 Å². The van der Waals surface area contributed by atoms with Gasteiger partial charge in [-0.1, -0.05) is 29.8 Å². The molecule has 88 valence electrons. The fourth-order valence-electron chi connectivity index (χ4n) is 1.63. The number of hydrogen-bond acceptors (Lipinski definition) is 2. The van der Waals surface area contributed by atoms with Crippen LogP contribution in [0.5, 0.6) is 0 Å². The molecule has 0 aliphatic rings. The van der Waals surface area contributed by atoms with Gasteiger partial charge in [0.1, 0.15) is 0 Å². The number of rotatable bonds is 4. The normalized spacial score (nSPS) is 12.4. The Kier molecular flexibility index (Phi) is 4.13. The first-order valence-corrected chi connectivity index (χ1v) is 6.02. The van der Waals surface area contributed by atoms with Crippen LogP contribution in [0.15, 0.2) is 48.7 Å². The first-order valence-electron chi connectivity index (χ1n) is 5.64. The van der Waals surface area contributed by atoms with Crippen LogP contribution in [0, 0.1) is 0 Å². The van der Waals surface area contributed by atoms with Gasteiger partial charge in [0.25, 0.3) is 0 Å². The van der Waals surface area contributed by atoms with E-state index >= 15 is 0 Å². The second-order valence-electron chi connectivity index (χ2n) is 3.98. The first-order chi connectivity index (χ1) is 8.25. The molecule has 0 bridgehead atoms. The molecule has 1 aromatic carbocycles. The van der Waals surface area contributed by atoms with Crippen LogP contribution in [0.4, 0.5) is 0 Å². The Hall–Kier alpha value is -1.38. The number of pyridine rings is 1.